The zero-order chi connectivity index (χ0) is 19.6. The van der Waals surface area contributed by atoms with Crippen molar-refractivity contribution in [1.29, 1.82) is 0 Å². The van der Waals surface area contributed by atoms with Crippen molar-refractivity contribution in [2.75, 3.05) is 32.7 Å². The smallest absolute Gasteiger partial charge is 0.222 e. The van der Waals surface area contributed by atoms with Crippen LogP contribution < -0.4 is 0 Å². The number of carbonyl (C=O) groups is 1. The second-order valence-electron chi connectivity index (χ2n) is 7.89. The Labute approximate surface area is 169 Å². The topological polar surface area (TPSA) is 79.5 Å². The number of nitrogens with zero attached hydrogens (tertiary/aromatic N) is 7. The average Bonchev–Trinajstić information content (AvgIpc) is 3.38. The van der Waals surface area contributed by atoms with E-state index in [2.05, 4.69) is 20.1 Å². The van der Waals surface area contributed by atoms with Gasteiger partial charge in [0.05, 0.1) is 5.69 Å². The zero-order valence-electron chi connectivity index (χ0n) is 16.4. The van der Waals surface area contributed by atoms with Crippen molar-refractivity contribution in [3.63, 3.8) is 0 Å². The summed E-state index contributed by atoms with van der Waals surface area (Å²) < 4.78 is 1.89. The number of likely N-dealkylation sites (tertiary alicyclic amines) is 2. The third-order valence-electron chi connectivity index (χ3n) is 6.05. The van der Waals surface area contributed by atoms with Crippen LogP contribution in [0.2, 0.25) is 0 Å². The van der Waals surface area contributed by atoms with Gasteiger partial charge in [0.25, 0.3) is 0 Å². The van der Waals surface area contributed by atoms with E-state index in [1.807, 2.05) is 39.9 Å². The number of hydrogen-bond donors (Lipinski definition) is 0. The SMILES string of the molecule is O=C1CCCN1CCN1CCC(c2nnc3ccc(-c4cccnc4)nn23)CC1. The Kier molecular flexibility index (Phi) is 4.93. The summed E-state index contributed by atoms with van der Waals surface area (Å²) in [5.41, 5.74) is 2.64. The van der Waals surface area contributed by atoms with Crippen molar-refractivity contribution in [3.8, 4) is 11.3 Å². The van der Waals surface area contributed by atoms with E-state index in [1.165, 1.54) is 0 Å². The van der Waals surface area contributed by atoms with Crippen molar-refractivity contribution >= 4 is 11.6 Å². The Morgan fingerprint density at radius 1 is 1.03 bits per heavy atom. The van der Waals surface area contributed by atoms with Crippen LogP contribution in [-0.4, -0.2) is 73.2 Å². The number of amides is 1. The molecule has 0 radical (unpaired) electrons. The monoisotopic (exact) mass is 391 g/mol. The molecule has 0 unspecified atom stereocenters. The highest BCUT2D eigenvalue weighted by molar-refractivity contribution is 5.78. The first-order chi connectivity index (χ1) is 14.3. The molecular weight excluding hydrogens is 366 g/mol. The molecular formula is C21H25N7O. The lowest BCUT2D eigenvalue weighted by atomic mass is 9.96. The molecule has 0 atom stereocenters. The molecule has 3 aromatic rings. The van der Waals surface area contributed by atoms with Crippen molar-refractivity contribution < 1.29 is 4.79 Å². The molecule has 0 aromatic carbocycles. The molecule has 0 saturated carbocycles. The first-order valence-corrected chi connectivity index (χ1v) is 10.4. The largest absolute Gasteiger partial charge is 0.341 e. The Bertz CT molecular complexity index is 995. The highest BCUT2D eigenvalue weighted by atomic mass is 16.2. The summed E-state index contributed by atoms with van der Waals surface area (Å²) in [7, 11) is 0. The fourth-order valence-electron chi connectivity index (χ4n) is 4.35. The highest BCUT2D eigenvalue weighted by Crippen LogP contribution is 2.27. The van der Waals surface area contributed by atoms with Gasteiger partial charge in [0, 0.05) is 49.9 Å². The molecule has 2 saturated heterocycles. The summed E-state index contributed by atoms with van der Waals surface area (Å²) in [5, 5.41) is 13.6. The van der Waals surface area contributed by atoms with Crippen LogP contribution in [0, 0.1) is 0 Å². The third kappa shape index (κ3) is 3.72. The molecule has 5 rings (SSSR count). The summed E-state index contributed by atoms with van der Waals surface area (Å²) in [6.45, 7) is 4.77. The van der Waals surface area contributed by atoms with Crippen LogP contribution in [0.4, 0.5) is 0 Å². The summed E-state index contributed by atoms with van der Waals surface area (Å²) in [5.74, 6) is 1.61. The van der Waals surface area contributed by atoms with Gasteiger partial charge in [0.1, 0.15) is 0 Å². The summed E-state index contributed by atoms with van der Waals surface area (Å²) in [6, 6.07) is 7.86. The van der Waals surface area contributed by atoms with E-state index in [9.17, 15) is 4.79 Å². The van der Waals surface area contributed by atoms with Crippen molar-refractivity contribution in [2.45, 2.75) is 31.6 Å². The van der Waals surface area contributed by atoms with Crippen molar-refractivity contribution in [3.05, 3.63) is 42.5 Å². The number of hydrogen-bond acceptors (Lipinski definition) is 6. The number of rotatable bonds is 5. The minimum atomic E-state index is 0.310. The molecule has 1 amide bonds. The van der Waals surface area contributed by atoms with E-state index in [4.69, 9.17) is 5.10 Å². The predicted molar refractivity (Wildman–Crippen MR) is 108 cm³/mol. The molecule has 150 valence electrons. The molecule has 2 aliphatic heterocycles. The molecule has 5 heterocycles. The predicted octanol–water partition coefficient (Wildman–Crippen LogP) is 1.99. The fourth-order valence-corrected chi connectivity index (χ4v) is 4.35. The number of aromatic nitrogens is 5. The van der Waals surface area contributed by atoms with E-state index < -0.39 is 0 Å². The standard InChI is InChI=1S/C21H25N7O/c29-20-4-2-10-27(20)14-13-26-11-7-16(8-12-26)21-24-23-19-6-5-18(25-28(19)21)17-3-1-9-22-15-17/h1,3,5-6,9,15-16H,2,4,7-8,10-14H2. The number of fused-ring (bicyclic) bond motifs is 1. The molecule has 0 spiro atoms. The van der Waals surface area contributed by atoms with Crippen molar-refractivity contribution in [2.24, 2.45) is 0 Å². The summed E-state index contributed by atoms with van der Waals surface area (Å²) in [4.78, 5) is 20.4. The lowest BCUT2D eigenvalue weighted by Gasteiger charge is -2.32. The summed E-state index contributed by atoms with van der Waals surface area (Å²) in [6.07, 6.45) is 7.38. The van der Waals surface area contributed by atoms with Crippen LogP contribution in [0.1, 0.15) is 37.4 Å². The third-order valence-corrected chi connectivity index (χ3v) is 6.05. The molecule has 0 bridgehead atoms. The van der Waals surface area contributed by atoms with Crippen LogP contribution in [0.25, 0.3) is 16.9 Å². The zero-order valence-corrected chi connectivity index (χ0v) is 16.4. The van der Waals surface area contributed by atoms with Gasteiger partial charge < -0.3 is 9.80 Å². The first-order valence-electron chi connectivity index (χ1n) is 10.4. The molecule has 29 heavy (non-hydrogen) atoms. The van der Waals surface area contributed by atoms with Crippen LogP contribution in [0.5, 0.6) is 0 Å². The maximum Gasteiger partial charge on any atom is 0.222 e. The fraction of sp³-hybridized carbons (Fsp3) is 0.476. The number of carbonyl (C=O) groups excluding carboxylic acids is 1. The Morgan fingerprint density at radius 2 is 1.93 bits per heavy atom. The Morgan fingerprint density at radius 3 is 2.69 bits per heavy atom. The van der Waals surface area contributed by atoms with Gasteiger partial charge in [-0.25, -0.2) is 0 Å². The van der Waals surface area contributed by atoms with Gasteiger partial charge in [-0.15, -0.1) is 10.2 Å². The Balaban J connectivity index is 1.26. The molecule has 3 aromatic heterocycles. The second kappa shape index (κ2) is 7.87. The summed E-state index contributed by atoms with van der Waals surface area (Å²) >= 11 is 0. The molecule has 0 N–H and O–H groups in total. The minimum absolute atomic E-state index is 0.310. The highest BCUT2D eigenvalue weighted by Gasteiger charge is 2.26. The molecule has 8 heteroatoms. The minimum Gasteiger partial charge on any atom is -0.341 e. The van der Waals surface area contributed by atoms with Crippen LogP contribution >= 0.6 is 0 Å². The van der Waals surface area contributed by atoms with Gasteiger partial charge in [-0.1, -0.05) is 0 Å². The van der Waals surface area contributed by atoms with Gasteiger partial charge in [-0.05, 0) is 56.6 Å². The number of pyridine rings is 1. The van der Waals surface area contributed by atoms with E-state index >= 15 is 0 Å². The van der Waals surface area contributed by atoms with Gasteiger partial charge in [0.2, 0.25) is 5.91 Å². The van der Waals surface area contributed by atoms with Gasteiger partial charge in [-0.2, -0.15) is 9.61 Å². The van der Waals surface area contributed by atoms with Crippen LogP contribution in [0.3, 0.4) is 0 Å². The quantitative estimate of drug-likeness (QED) is 0.662. The normalized spacial score (nSPS) is 18.8. The van der Waals surface area contributed by atoms with Gasteiger partial charge in [-0.3, -0.25) is 9.78 Å². The molecule has 0 aliphatic carbocycles. The molecule has 2 fully saturated rings. The molecule has 8 nitrogen and oxygen atoms in total. The maximum atomic E-state index is 11.8. The average molecular weight is 391 g/mol. The lowest BCUT2D eigenvalue weighted by Crippen LogP contribution is -2.40. The second-order valence-corrected chi connectivity index (χ2v) is 7.89. The number of piperidine rings is 1. The van der Waals surface area contributed by atoms with Crippen LogP contribution in [0.15, 0.2) is 36.7 Å². The van der Waals surface area contributed by atoms with Crippen molar-refractivity contribution in [1.82, 2.24) is 34.6 Å². The lowest BCUT2D eigenvalue weighted by molar-refractivity contribution is -0.127. The van der Waals surface area contributed by atoms with E-state index in [-0.39, 0.29) is 0 Å². The van der Waals surface area contributed by atoms with Gasteiger partial charge >= 0.3 is 0 Å². The molecule has 2 aliphatic rings. The van der Waals surface area contributed by atoms with E-state index in [1.54, 1.807) is 6.20 Å². The van der Waals surface area contributed by atoms with E-state index in [0.717, 1.165) is 81.1 Å². The van der Waals surface area contributed by atoms with Gasteiger partial charge in [0.15, 0.2) is 11.5 Å². The van der Waals surface area contributed by atoms with Crippen LogP contribution in [-0.2, 0) is 4.79 Å². The van der Waals surface area contributed by atoms with E-state index in [0.29, 0.717) is 11.8 Å². The maximum absolute atomic E-state index is 11.8. The Hall–Kier alpha value is -2.87. The first kappa shape index (κ1) is 18.2.